The van der Waals surface area contributed by atoms with E-state index < -0.39 is 5.79 Å². The number of hydrogen-bond acceptors (Lipinski definition) is 5. The van der Waals surface area contributed by atoms with E-state index in [9.17, 15) is 9.59 Å². The van der Waals surface area contributed by atoms with E-state index in [1.54, 1.807) is 24.3 Å². The van der Waals surface area contributed by atoms with Gasteiger partial charge in [-0.15, -0.1) is 0 Å². The largest absolute Gasteiger partial charge is 0.380 e. The van der Waals surface area contributed by atoms with Crippen molar-refractivity contribution < 1.29 is 23.8 Å². The Hall–Kier alpha value is -1.76. The van der Waals surface area contributed by atoms with Crippen molar-refractivity contribution in [3.8, 4) is 0 Å². The molecule has 1 saturated heterocycles. The van der Waals surface area contributed by atoms with Gasteiger partial charge in [-0.2, -0.15) is 0 Å². The van der Waals surface area contributed by atoms with Crippen LogP contribution >= 0.6 is 0 Å². The van der Waals surface area contributed by atoms with Gasteiger partial charge in [0.15, 0.2) is 5.79 Å². The minimum atomic E-state index is -0.473. The van der Waals surface area contributed by atoms with Crippen molar-refractivity contribution in [2.75, 3.05) is 33.0 Å². The van der Waals surface area contributed by atoms with Crippen LogP contribution in [0.15, 0.2) is 24.3 Å². The van der Waals surface area contributed by atoms with Gasteiger partial charge in [0, 0.05) is 12.5 Å². The quantitative estimate of drug-likeness (QED) is 0.560. The van der Waals surface area contributed by atoms with E-state index in [4.69, 9.17) is 14.2 Å². The van der Waals surface area contributed by atoms with E-state index in [-0.39, 0.29) is 18.4 Å². The van der Waals surface area contributed by atoms with Crippen molar-refractivity contribution in [2.24, 2.45) is 5.92 Å². The van der Waals surface area contributed by atoms with Crippen LogP contribution in [0.4, 0.5) is 0 Å². The van der Waals surface area contributed by atoms with Crippen molar-refractivity contribution in [1.29, 1.82) is 0 Å². The highest BCUT2D eigenvalue weighted by molar-refractivity contribution is 6.21. The van der Waals surface area contributed by atoms with E-state index in [1.807, 2.05) is 13.8 Å². The van der Waals surface area contributed by atoms with Crippen LogP contribution in [-0.2, 0) is 14.2 Å². The Kier molecular flexibility index (Phi) is 5.51. The Morgan fingerprint density at radius 1 is 1.08 bits per heavy atom. The molecule has 3 rings (SSSR count). The summed E-state index contributed by atoms with van der Waals surface area (Å²) in [5, 5.41) is 0. The summed E-state index contributed by atoms with van der Waals surface area (Å²) in [4.78, 5) is 25.7. The molecule has 1 fully saturated rings. The first kappa shape index (κ1) is 18.0. The number of fused-ring (bicyclic) bond motifs is 1. The molecule has 1 aromatic carbocycles. The van der Waals surface area contributed by atoms with Crippen LogP contribution in [0.25, 0.3) is 0 Å². The molecule has 25 heavy (non-hydrogen) atoms. The molecule has 0 bridgehead atoms. The number of benzene rings is 1. The number of rotatable bonds is 7. The van der Waals surface area contributed by atoms with Crippen LogP contribution in [0, 0.1) is 5.92 Å². The molecule has 0 spiro atoms. The topological polar surface area (TPSA) is 65.1 Å². The first-order valence-corrected chi connectivity index (χ1v) is 8.79. The third-order valence-corrected chi connectivity index (χ3v) is 4.57. The molecular formula is C19H25NO5. The smallest absolute Gasteiger partial charge is 0.261 e. The second-order valence-electron chi connectivity index (χ2n) is 6.95. The van der Waals surface area contributed by atoms with Gasteiger partial charge in [0.1, 0.15) is 0 Å². The molecule has 6 heteroatoms. The molecule has 0 unspecified atom stereocenters. The Labute approximate surface area is 148 Å². The van der Waals surface area contributed by atoms with Crippen molar-refractivity contribution in [3.63, 3.8) is 0 Å². The molecule has 6 nitrogen and oxygen atoms in total. The van der Waals surface area contributed by atoms with E-state index in [0.717, 1.165) is 12.8 Å². The fraction of sp³-hybridized carbons (Fsp3) is 0.579. The molecule has 0 radical (unpaired) electrons. The van der Waals surface area contributed by atoms with Gasteiger partial charge in [-0.3, -0.25) is 14.5 Å². The predicted molar refractivity (Wildman–Crippen MR) is 91.3 cm³/mol. The third-order valence-electron chi connectivity index (χ3n) is 4.57. The fourth-order valence-electron chi connectivity index (χ4n) is 3.07. The van der Waals surface area contributed by atoms with Gasteiger partial charge < -0.3 is 14.2 Å². The number of carbonyl (C=O) groups excluding carboxylic acids is 2. The maximum atomic E-state index is 12.2. The number of nitrogens with zero attached hydrogens (tertiary/aromatic N) is 1. The predicted octanol–water partition coefficient (Wildman–Crippen LogP) is 2.48. The van der Waals surface area contributed by atoms with Crippen LogP contribution in [0.5, 0.6) is 0 Å². The highest BCUT2D eigenvalue weighted by atomic mass is 16.7. The molecule has 0 atom stereocenters. The molecular weight excluding hydrogens is 322 g/mol. The first-order valence-electron chi connectivity index (χ1n) is 8.79. The molecule has 2 aliphatic heterocycles. The summed E-state index contributed by atoms with van der Waals surface area (Å²) in [5.74, 6) is -0.543. The average molecular weight is 347 g/mol. The average Bonchev–Trinajstić information content (AvgIpc) is 2.84. The molecule has 0 aromatic heterocycles. The van der Waals surface area contributed by atoms with Gasteiger partial charge in [-0.25, -0.2) is 0 Å². The summed E-state index contributed by atoms with van der Waals surface area (Å²) < 4.78 is 16.9. The highest BCUT2D eigenvalue weighted by Crippen LogP contribution is 2.23. The van der Waals surface area contributed by atoms with Crippen LogP contribution < -0.4 is 0 Å². The lowest BCUT2D eigenvalue weighted by Gasteiger charge is -2.35. The highest BCUT2D eigenvalue weighted by Gasteiger charge is 2.34. The van der Waals surface area contributed by atoms with E-state index in [0.29, 0.717) is 43.5 Å². The minimum Gasteiger partial charge on any atom is -0.380 e. The summed E-state index contributed by atoms with van der Waals surface area (Å²) in [5.41, 5.74) is 0.959. The zero-order valence-corrected chi connectivity index (χ0v) is 14.8. The van der Waals surface area contributed by atoms with Crippen molar-refractivity contribution in [2.45, 2.75) is 32.5 Å². The first-order chi connectivity index (χ1) is 12.0. The van der Waals surface area contributed by atoms with Gasteiger partial charge in [0.2, 0.25) is 0 Å². The zero-order chi connectivity index (χ0) is 17.9. The van der Waals surface area contributed by atoms with Crippen LogP contribution in [0.2, 0.25) is 0 Å². The second-order valence-corrected chi connectivity index (χ2v) is 6.95. The van der Waals surface area contributed by atoms with Crippen molar-refractivity contribution in [3.05, 3.63) is 35.4 Å². The molecule has 0 N–H and O–H groups in total. The molecule has 2 amide bonds. The minimum absolute atomic E-state index is 0.233. The second kappa shape index (κ2) is 7.64. The Balaban J connectivity index is 1.32. The molecule has 1 aromatic rings. The number of imide groups is 1. The normalized spacial score (nSPS) is 20.2. The number of ether oxygens (including phenoxy) is 3. The summed E-state index contributed by atoms with van der Waals surface area (Å²) in [6.45, 7) is 6.51. The van der Waals surface area contributed by atoms with Gasteiger partial charge >= 0.3 is 0 Å². The van der Waals surface area contributed by atoms with E-state index in [1.165, 1.54) is 4.90 Å². The van der Waals surface area contributed by atoms with Crippen LogP contribution in [-0.4, -0.2) is 55.5 Å². The fourth-order valence-corrected chi connectivity index (χ4v) is 3.07. The van der Waals surface area contributed by atoms with Gasteiger partial charge in [-0.05, 0) is 38.8 Å². The van der Waals surface area contributed by atoms with Gasteiger partial charge in [-0.1, -0.05) is 12.1 Å². The SMILES string of the molecule is CC1(C)OCC(CCCOCCN2C(=O)c3ccccc3C2=O)CO1. The summed E-state index contributed by atoms with van der Waals surface area (Å²) in [6, 6.07) is 6.91. The van der Waals surface area contributed by atoms with E-state index in [2.05, 4.69) is 0 Å². The molecule has 136 valence electrons. The summed E-state index contributed by atoms with van der Waals surface area (Å²) in [6.07, 6.45) is 1.88. The zero-order valence-electron chi connectivity index (χ0n) is 14.8. The molecule has 2 heterocycles. The van der Waals surface area contributed by atoms with Crippen molar-refractivity contribution >= 4 is 11.8 Å². The number of hydrogen-bond donors (Lipinski definition) is 0. The van der Waals surface area contributed by atoms with Crippen LogP contribution in [0.3, 0.4) is 0 Å². The lowest BCUT2D eigenvalue weighted by atomic mass is 10.0. The Morgan fingerprint density at radius 2 is 1.68 bits per heavy atom. The molecule has 0 aliphatic carbocycles. The Bertz CT molecular complexity index is 597. The maximum Gasteiger partial charge on any atom is 0.261 e. The Morgan fingerprint density at radius 3 is 2.28 bits per heavy atom. The molecule has 0 saturated carbocycles. The van der Waals surface area contributed by atoms with Gasteiger partial charge in [0.05, 0.1) is 37.5 Å². The number of carbonyl (C=O) groups is 2. The van der Waals surface area contributed by atoms with Crippen LogP contribution in [0.1, 0.15) is 47.4 Å². The van der Waals surface area contributed by atoms with E-state index >= 15 is 0 Å². The standard InChI is InChI=1S/C19H25NO5/c1-19(2)24-12-14(13-25-19)6-5-10-23-11-9-20-17(21)15-7-3-4-8-16(15)18(20)22/h3-4,7-8,14H,5-6,9-13H2,1-2H3. The summed E-state index contributed by atoms with van der Waals surface area (Å²) in [7, 11) is 0. The lowest BCUT2D eigenvalue weighted by Crippen LogP contribution is -2.39. The van der Waals surface area contributed by atoms with Gasteiger partial charge in [0.25, 0.3) is 11.8 Å². The number of amides is 2. The monoisotopic (exact) mass is 347 g/mol. The lowest BCUT2D eigenvalue weighted by molar-refractivity contribution is -0.262. The summed E-state index contributed by atoms with van der Waals surface area (Å²) >= 11 is 0. The molecule has 2 aliphatic rings. The third kappa shape index (κ3) is 4.26. The maximum absolute atomic E-state index is 12.2. The van der Waals surface area contributed by atoms with Crippen molar-refractivity contribution in [1.82, 2.24) is 4.90 Å².